The van der Waals surface area contributed by atoms with Crippen molar-refractivity contribution >= 4 is 11.9 Å². The van der Waals surface area contributed by atoms with E-state index in [1.54, 1.807) is 12.1 Å². The summed E-state index contributed by atoms with van der Waals surface area (Å²) in [6.45, 7) is 7.20. The third-order valence-corrected chi connectivity index (χ3v) is 3.95. The Labute approximate surface area is 147 Å². The molecule has 2 rings (SSSR count). The number of aliphatic carboxylic acids is 1. The number of likely N-dealkylation sites (tertiary alicyclic amines) is 1. The van der Waals surface area contributed by atoms with Gasteiger partial charge in [0, 0.05) is 12.1 Å². The molecular weight excluding hydrogens is 326 g/mol. The van der Waals surface area contributed by atoms with Gasteiger partial charge < -0.3 is 24.2 Å². The first-order chi connectivity index (χ1) is 12.0. The minimum atomic E-state index is -0.980. The van der Waals surface area contributed by atoms with Crippen LogP contribution in [0.15, 0.2) is 12.1 Å². The van der Waals surface area contributed by atoms with Crippen LogP contribution in [0.5, 0.6) is 17.2 Å². The molecule has 1 saturated heterocycles. The first-order valence-corrected chi connectivity index (χ1v) is 8.63. The molecule has 1 aliphatic rings. The van der Waals surface area contributed by atoms with Crippen LogP contribution in [0.4, 0.5) is 0 Å². The minimum absolute atomic E-state index is 0.337. The fourth-order valence-corrected chi connectivity index (χ4v) is 2.94. The summed E-state index contributed by atoms with van der Waals surface area (Å²) in [7, 11) is 0. The molecule has 7 heteroatoms. The first-order valence-electron chi connectivity index (χ1n) is 8.63. The summed E-state index contributed by atoms with van der Waals surface area (Å²) < 4.78 is 16.8. The number of carbonyl (C=O) groups is 2. The van der Waals surface area contributed by atoms with Crippen LogP contribution in [0, 0.1) is 0 Å². The molecule has 1 N–H and O–H groups in total. The van der Waals surface area contributed by atoms with Crippen molar-refractivity contribution in [1.29, 1.82) is 0 Å². The van der Waals surface area contributed by atoms with Crippen molar-refractivity contribution in [3.8, 4) is 17.2 Å². The van der Waals surface area contributed by atoms with E-state index in [0.29, 0.717) is 62.0 Å². The zero-order chi connectivity index (χ0) is 18.4. The van der Waals surface area contributed by atoms with Gasteiger partial charge in [0.1, 0.15) is 6.04 Å². The number of carbonyl (C=O) groups excluding carboxylic acids is 1. The van der Waals surface area contributed by atoms with Crippen LogP contribution in [0.3, 0.4) is 0 Å². The van der Waals surface area contributed by atoms with E-state index in [1.165, 1.54) is 4.90 Å². The maximum absolute atomic E-state index is 12.9. The van der Waals surface area contributed by atoms with E-state index in [2.05, 4.69) is 0 Å². The fourth-order valence-electron chi connectivity index (χ4n) is 2.94. The molecule has 1 aromatic rings. The molecule has 1 fully saturated rings. The van der Waals surface area contributed by atoms with E-state index in [0.717, 1.165) is 0 Å². The second kappa shape index (κ2) is 8.60. The summed E-state index contributed by atoms with van der Waals surface area (Å²) in [5.74, 6) is -0.0184. The maximum atomic E-state index is 12.9. The number of carboxylic acid groups (broad SMARTS) is 1. The molecule has 138 valence electrons. The highest BCUT2D eigenvalue weighted by Gasteiger charge is 2.35. The van der Waals surface area contributed by atoms with Crippen molar-refractivity contribution in [3.05, 3.63) is 17.7 Å². The van der Waals surface area contributed by atoms with Crippen molar-refractivity contribution in [3.63, 3.8) is 0 Å². The molecular formula is C18H25NO6. The van der Waals surface area contributed by atoms with Crippen molar-refractivity contribution in [2.24, 2.45) is 0 Å². The molecule has 0 aliphatic carbocycles. The monoisotopic (exact) mass is 351 g/mol. The molecule has 1 atom stereocenters. The van der Waals surface area contributed by atoms with E-state index >= 15 is 0 Å². The van der Waals surface area contributed by atoms with Gasteiger partial charge in [0.2, 0.25) is 5.75 Å². The SMILES string of the molecule is CCOc1cc(C(=O)N2CCC[C@H]2C(=O)O)cc(OCC)c1OCC. The molecule has 0 saturated carbocycles. The Balaban J connectivity index is 2.42. The molecule has 25 heavy (non-hydrogen) atoms. The Kier molecular flexibility index (Phi) is 6.50. The van der Waals surface area contributed by atoms with E-state index in [4.69, 9.17) is 14.2 Å². The molecule has 7 nitrogen and oxygen atoms in total. The molecule has 0 spiro atoms. The van der Waals surface area contributed by atoms with Crippen LogP contribution in [0.1, 0.15) is 44.0 Å². The average Bonchev–Trinajstić information content (AvgIpc) is 3.07. The van der Waals surface area contributed by atoms with Crippen molar-refractivity contribution in [2.75, 3.05) is 26.4 Å². The van der Waals surface area contributed by atoms with Crippen LogP contribution < -0.4 is 14.2 Å². The number of carboxylic acids is 1. The normalized spacial score (nSPS) is 16.6. The summed E-state index contributed by atoms with van der Waals surface area (Å²) in [6, 6.07) is 2.40. The summed E-state index contributed by atoms with van der Waals surface area (Å²) in [4.78, 5) is 25.6. The quantitative estimate of drug-likeness (QED) is 0.775. The lowest BCUT2D eigenvalue weighted by Gasteiger charge is -2.23. The van der Waals surface area contributed by atoms with Gasteiger partial charge >= 0.3 is 5.97 Å². The first kappa shape index (κ1) is 18.9. The Morgan fingerprint density at radius 2 is 1.64 bits per heavy atom. The third kappa shape index (κ3) is 4.15. The smallest absolute Gasteiger partial charge is 0.326 e. The number of amides is 1. The average molecular weight is 351 g/mol. The molecule has 0 aromatic heterocycles. The highest BCUT2D eigenvalue weighted by atomic mass is 16.5. The lowest BCUT2D eigenvalue weighted by Crippen LogP contribution is -2.40. The van der Waals surface area contributed by atoms with E-state index in [9.17, 15) is 14.7 Å². The summed E-state index contributed by atoms with van der Waals surface area (Å²) >= 11 is 0. The van der Waals surface area contributed by atoms with Gasteiger partial charge in [-0.3, -0.25) is 4.79 Å². The predicted octanol–water partition coefficient (Wildman–Crippen LogP) is 2.57. The van der Waals surface area contributed by atoms with Crippen LogP contribution in [0.25, 0.3) is 0 Å². The van der Waals surface area contributed by atoms with E-state index in [-0.39, 0.29) is 5.91 Å². The van der Waals surface area contributed by atoms with Crippen LogP contribution in [-0.2, 0) is 4.79 Å². The largest absolute Gasteiger partial charge is 0.490 e. The molecule has 1 aliphatic heterocycles. The number of benzene rings is 1. The van der Waals surface area contributed by atoms with Gasteiger partial charge in [0.25, 0.3) is 5.91 Å². The third-order valence-electron chi connectivity index (χ3n) is 3.95. The Hall–Kier alpha value is -2.44. The van der Waals surface area contributed by atoms with Crippen molar-refractivity contribution < 1.29 is 28.9 Å². The van der Waals surface area contributed by atoms with Crippen LogP contribution >= 0.6 is 0 Å². The number of hydrogen-bond acceptors (Lipinski definition) is 5. The molecule has 0 radical (unpaired) electrons. The summed E-state index contributed by atoms with van der Waals surface area (Å²) in [5, 5.41) is 9.31. The zero-order valence-electron chi connectivity index (χ0n) is 14.9. The van der Waals surface area contributed by atoms with Crippen LogP contribution in [-0.4, -0.2) is 54.3 Å². The predicted molar refractivity (Wildman–Crippen MR) is 91.6 cm³/mol. The molecule has 1 amide bonds. The second-order valence-corrected chi connectivity index (χ2v) is 5.60. The Morgan fingerprint density at radius 3 is 2.12 bits per heavy atom. The molecule has 1 heterocycles. The maximum Gasteiger partial charge on any atom is 0.326 e. The lowest BCUT2D eigenvalue weighted by molar-refractivity contribution is -0.141. The number of hydrogen-bond donors (Lipinski definition) is 1. The number of ether oxygens (including phenoxy) is 3. The summed E-state index contributed by atoms with van der Waals surface area (Å²) in [6.07, 6.45) is 1.14. The van der Waals surface area contributed by atoms with Crippen LogP contribution in [0.2, 0.25) is 0 Å². The van der Waals surface area contributed by atoms with Gasteiger partial charge in [-0.2, -0.15) is 0 Å². The lowest BCUT2D eigenvalue weighted by atomic mass is 10.1. The van der Waals surface area contributed by atoms with E-state index < -0.39 is 12.0 Å². The Morgan fingerprint density at radius 1 is 1.08 bits per heavy atom. The fraction of sp³-hybridized carbons (Fsp3) is 0.556. The zero-order valence-corrected chi connectivity index (χ0v) is 14.9. The van der Waals surface area contributed by atoms with Gasteiger partial charge in [-0.15, -0.1) is 0 Å². The number of rotatable bonds is 8. The standard InChI is InChI=1S/C18H25NO6/c1-4-23-14-10-12(11-15(24-5-2)16(14)25-6-3)17(20)19-9-7-8-13(19)18(21)22/h10-11,13H,4-9H2,1-3H3,(H,21,22)/t13-/m0/s1. The van der Waals surface area contributed by atoms with Gasteiger partial charge in [-0.25, -0.2) is 4.79 Å². The number of nitrogens with zero attached hydrogens (tertiary/aromatic N) is 1. The highest BCUT2D eigenvalue weighted by Crippen LogP contribution is 2.39. The summed E-state index contributed by atoms with van der Waals surface area (Å²) in [5.41, 5.74) is 0.337. The Bertz CT molecular complexity index is 603. The van der Waals surface area contributed by atoms with Crippen molar-refractivity contribution in [2.45, 2.75) is 39.7 Å². The van der Waals surface area contributed by atoms with E-state index in [1.807, 2.05) is 20.8 Å². The molecule has 0 bridgehead atoms. The highest BCUT2D eigenvalue weighted by molar-refractivity contribution is 5.98. The second-order valence-electron chi connectivity index (χ2n) is 5.60. The van der Waals surface area contributed by atoms with Gasteiger partial charge in [-0.1, -0.05) is 0 Å². The van der Waals surface area contributed by atoms with Crippen molar-refractivity contribution in [1.82, 2.24) is 4.90 Å². The van der Waals surface area contributed by atoms with Gasteiger partial charge in [0.05, 0.1) is 19.8 Å². The molecule has 1 aromatic carbocycles. The van der Waals surface area contributed by atoms with Gasteiger partial charge in [-0.05, 0) is 45.7 Å². The topological polar surface area (TPSA) is 85.3 Å². The van der Waals surface area contributed by atoms with Gasteiger partial charge in [0.15, 0.2) is 11.5 Å². The minimum Gasteiger partial charge on any atom is -0.490 e. The molecule has 0 unspecified atom stereocenters.